The van der Waals surface area contributed by atoms with Crippen LogP contribution in [0.1, 0.15) is 37.6 Å². The van der Waals surface area contributed by atoms with Crippen LogP contribution >= 0.6 is 0 Å². The van der Waals surface area contributed by atoms with E-state index in [0.29, 0.717) is 24.5 Å². The van der Waals surface area contributed by atoms with Crippen LogP contribution in [0.25, 0.3) is 11.4 Å². The predicted molar refractivity (Wildman–Crippen MR) is 126 cm³/mol. The second-order valence-corrected chi connectivity index (χ2v) is 8.49. The molecule has 0 radical (unpaired) electrons. The molecule has 1 saturated heterocycles. The molecule has 8 heteroatoms. The van der Waals surface area contributed by atoms with Crippen LogP contribution in [0.4, 0.5) is 10.2 Å². The fraction of sp³-hybridized carbons (Fsp3) is 0.440. The molecule has 0 N–H and O–H groups in total. The molecule has 1 aliphatic rings. The number of pyridine rings is 1. The Labute approximate surface area is 194 Å². The van der Waals surface area contributed by atoms with Crippen LogP contribution in [0.2, 0.25) is 0 Å². The molecule has 2 aromatic heterocycles. The highest BCUT2D eigenvalue weighted by Crippen LogP contribution is 2.20. The van der Waals surface area contributed by atoms with E-state index in [1.807, 2.05) is 23.1 Å². The van der Waals surface area contributed by atoms with Gasteiger partial charge in [0.15, 0.2) is 5.82 Å². The number of anilines is 1. The van der Waals surface area contributed by atoms with Crippen LogP contribution in [0.3, 0.4) is 0 Å². The van der Waals surface area contributed by atoms with E-state index in [9.17, 15) is 9.18 Å². The normalized spacial score (nSPS) is 14.0. The highest BCUT2D eigenvalue weighted by molar-refractivity contribution is 5.76. The first-order valence-electron chi connectivity index (χ1n) is 11.7. The van der Waals surface area contributed by atoms with E-state index in [-0.39, 0.29) is 18.3 Å². The van der Waals surface area contributed by atoms with Crippen molar-refractivity contribution in [2.75, 3.05) is 31.1 Å². The number of carbonyl (C=O) groups is 1. The lowest BCUT2D eigenvalue weighted by atomic mass is 10.1. The quantitative estimate of drug-likeness (QED) is 0.488. The van der Waals surface area contributed by atoms with Crippen molar-refractivity contribution in [3.8, 4) is 11.4 Å². The Bertz CT molecular complexity index is 1080. The minimum Gasteiger partial charge on any atom is -0.353 e. The van der Waals surface area contributed by atoms with Gasteiger partial charge in [-0.3, -0.25) is 4.79 Å². The first-order chi connectivity index (χ1) is 16.0. The molecule has 1 fully saturated rings. The molecular weight excluding hydrogens is 419 g/mol. The summed E-state index contributed by atoms with van der Waals surface area (Å²) in [7, 11) is 0. The number of nitrogens with zero attached hydrogens (tertiary/aromatic N) is 6. The molecule has 0 aliphatic carbocycles. The molecule has 1 aliphatic heterocycles. The van der Waals surface area contributed by atoms with Crippen molar-refractivity contribution in [3.05, 3.63) is 59.8 Å². The van der Waals surface area contributed by atoms with Crippen molar-refractivity contribution in [1.82, 2.24) is 24.6 Å². The number of rotatable bonds is 8. The lowest BCUT2D eigenvalue weighted by Crippen LogP contribution is -2.50. The van der Waals surface area contributed by atoms with Crippen LogP contribution in [-0.2, 0) is 17.8 Å². The zero-order valence-corrected chi connectivity index (χ0v) is 19.4. The van der Waals surface area contributed by atoms with Crippen molar-refractivity contribution in [2.45, 2.75) is 46.1 Å². The summed E-state index contributed by atoms with van der Waals surface area (Å²) in [5.41, 5.74) is 1.32. The molecular formula is C25H31FN6O. The number of hydrogen-bond donors (Lipinski definition) is 0. The van der Waals surface area contributed by atoms with Crippen molar-refractivity contribution < 1.29 is 9.18 Å². The average molecular weight is 451 g/mol. The molecule has 4 rings (SSSR count). The molecule has 0 spiro atoms. The third kappa shape index (κ3) is 5.56. The van der Waals surface area contributed by atoms with E-state index in [0.717, 1.165) is 56.0 Å². The van der Waals surface area contributed by atoms with Gasteiger partial charge in [0.1, 0.15) is 24.0 Å². The van der Waals surface area contributed by atoms with Gasteiger partial charge in [-0.05, 0) is 49.2 Å². The Kier molecular flexibility index (Phi) is 7.32. The maximum atomic E-state index is 13.7. The summed E-state index contributed by atoms with van der Waals surface area (Å²) in [5, 5.41) is 4.64. The number of aromatic nitrogens is 4. The predicted octanol–water partition coefficient (Wildman–Crippen LogP) is 3.87. The molecule has 0 saturated carbocycles. The molecule has 3 aromatic rings. The van der Waals surface area contributed by atoms with Crippen LogP contribution in [0.15, 0.2) is 42.6 Å². The lowest BCUT2D eigenvalue weighted by Gasteiger charge is -2.35. The number of benzene rings is 1. The molecule has 1 aromatic carbocycles. The van der Waals surface area contributed by atoms with Crippen LogP contribution in [0.5, 0.6) is 0 Å². The second-order valence-electron chi connectivity index (χ2n) is 8.49. The van der Waals surface area contributed by atoms with Gasteiger partial charge in [-0.15, -0.1) is 0 Å². The minimum atomic E-state index is -0.249. The molecule has 0 bridgehead atoms. The topological polar surface area (TPSA) is 67.2 Å². The van der Waals surface area contributed by atoms with Crippen LogP contribution in [0, 0.1) is 12.7 Å². The maximum Gasteiger partial charge on any atom is 0.244 e. The van der Waals surface area contributed by atoms with Gasteiger partial charge in [0.25, 0.3) is 0 Å². The van der Waals surface area contributed by atoms with Gasteiger partial charge < -0.3 is 9.80 Å². The largest absolute Gasteiger partial charge is 0.353 e. The molecule has 0 unspecified atom stereocenters. The number of aryl methyl sites for hydroxylation is 2. The number of hydrogen-bond acceptors (Lipinski definition) is 5. The van der Waals surface area contributed by atoms with Crippen molar-refractivity contribution in [1.29, 1.82) is 0 Å². The molecule has 7 nitrogen and oxygen atoms in total. The van der Waals surface area contributed by atoms with E-state index in [1.165, 1.54) is 6.07 Å². The highest BCUT2D eigenvalue weighted by atomic mass is 19.1. The summed E-state index contributed by atoms with van der Waals surface area (Å²) in [4.78, 5) is 26.3. The number of amides is 1. The Morgan fingerprint density at radius 1 is 1.09 bits per heavy atom. The number of unbranched alkanes of at least 4 members (excludes halogenated alkanes) is 2. The molecule has 174 valence electrons. The van der Waals surface area contributed by atoms with E-state index in [4.69, 9.17) is 4.98 Å². The van der Waals surface area contributed by atoms with Gasteiger partial charge in [0.2, 0.25) is 5.91 Å². The van der Waals surface area contributed by atoms with Gasteiger partial charge in [-0.1, -0.05) is 25.8 Å². The summed E-state index contributed by atoms with van der Waals surface area (Å²) < 4.78 is 15.4. The number of piperazine rings is 1. The van der Waals surface area contributed by atoms with E-state index in [1.54, 1.807) is 29.9 Å². The van der Waals surface area contributed by atoms with Gasteiger partial charge in [0, 0.05) is 44.4 Å². The fourth-order valence-electron chi connectivity index (χ4n) is 4.08. The summed E-state index contributed by atoms with van der Waals surface area (Å²) in [6, 6.07) is 10.8. The molecule has 1 amide bonds. The summed E-state index contributed by atoms with van der Waals surface area (Å²) >= 11 is 0. The SMILES string of the molecule is CCCCCc1nc(-c2ccc(F)c(C)c2)nn1CC(=O)N1CCN(c2ccccn2)CC1. The smallest absolute Gasteiger partial charge is 0.244 e. The van der Waals surface area contributed by atoms with Gasteiger partial charge in [-0.2, -0.15) is 5.10 Å². The Morgan fingerprint density at radius 2 is 1.91 bits per heavy atom. The van der Waals surface area contributed by atoms with Crippen molar-refractivity contribution in [3.63, 3.8) is 0 Å². The van der Waals surface area contributed by atoms with E-state index < -0.39 is 0 Å². The standard InChI is InChI=1S/C25H31FN6O/c1-3-4-5-9-23-28-25(20-10-11-21(26)19(2)17-20)29-32(23)18-24(33)31-15-13-30(14-16-31)22-8-6-7-12-27-22/h6-8,10-12,17H,3-5,9,13-16,18H2,1-2H3. The number of halogens is 1. The molecule has 33 heavy (non-hydrogen) atoms. The zero-order valence-electron chi connectivity index (χ0n) is 19.4. The first kappa shape index (κ1) is 22.9. The Balaban J connectivity index is 1.46. The van der Waals surface area contributed by atoms with Crippen molar-refractivity contribution in [2.24, 2.45) is 0 Å². The fourth-order valence-corrected chi connectivity index (χ4v) is 4.08. The van der Waals surface area contributed by atoms with E-state index in [2.05, 4.69) is 21.9 Å². The monoisotopic (exact) mass is 450 g/mol. The Hall–Kier alpha value is -3.29. The third-order valence-electron chi connectivity index (χ3n) is 6.06. The van der Waals surface area contributed by atoms with Gasteiger partial charge >= 0.3 is 0 Å². The Morgan fingerprint density at radius 3 is 2.61 bits per heavy atom. The molecule has 3 heterocycles. The van der Waals surface area contributed by atoms with Crippen molar-refractivity contribution >= 4 is 11.7 Å². The highest BCUT2D eigenvalue weighted by Gasteiger charge is 2.23. The first-order valence-corrected chi connectivity index (χ1v) is 11.7. The summed E-state index contributed by atoms with van der Waals surface area (Å²) in [6.07, 6.45) is 5.76. The average Bonchev–Trinajstić information content (AvgIpc) is 3.24. The van der Waals surface area contributed by atoms with Crippen LogP contribution in [-0.4, -0.2) is 56.7 Å². The zero-order chi connectivity index (χ0) is 23.2. The number of carbonyl (C=O) groups excluding carboxylic acids is 1. The lowest BCUT2D eigenvalue weighted by molar-refractivity contribution is -0.132. The summed E-state index contributed by atoms with van der Waals surface area (Å²) in [6.45, 7) is 6.86. The molecule has 0 atom stereocenters. The minimum absolute atomic E-state index is 0.0409. The maximum absolute atomic E-state index is 13.7. The van der Waals surface area contributed by atoms with Gasteiger partial charge in [0.05, 0.1) is 0 Å². The van der Waals surface area contributed by atoms with Gasteiger partial charge in [-0.25, -0.2) is 19.0 Å². The third-order valence-corrected chi connectivity index (χ3v) is 6.06. The van der Waals surface area contributed by atoms with E-state index >= 15 is 0 Å². The van der Waals surface area contributed by atoms with Crippen LogP contribution < -0.4 is 4.90 Å². The summed E-state index contributed by atoms with van der Waals surface area (Å²) in [5.74, 6) is 2.08. The second kappa shape index (κ2) is 10.6.